The SMILES string of the molecule is C(/C=C/c1ccccc1)=C\Cc1ccccc1. The maximum atomic E-state index is 2.18. The normalized spacial score (nSPS) is 11.3. The topological polar surface area (TPSA) is 0 Å². The Balaban J connectivity index is 1.85. The zero-order valence-electron chi connectivity index (χ0n) is 9.79. The summed E-state index contributed by atoms with van der Waals surface area (Å²) in [7, 11) is 0. The summed E-state index contributed by atoms with van der Waals surface area (Å²) < 4.78 is 0. The maximum Gasteiger partial charge on any atom is -0.00943 e. The van der Waals surface area contributed by atoms with E-state index in [1.165, 1.54) is 11.1 Å². The standard InChI is InChI=1S/C17H16/c1-4-10-16(11-5-1)14-8-3-9-15-17-12-6-2-7-13-17/h1-14H,15H2/b9-3+,14-8+. The van der Waals surface area contributed by atoms with Gasteiger partial charge in [0.1, 0.15) is 0 Å². The van der Waals surface area contributed by atoms with E-state index >= 15 is 0 Å². The van der Waals surface area contributed by atoms with Gasteiger partial charge in [0, 0.05) is 0 Å². The molecule has 2 rings (SSSR count). The molecule has 0 atom stereocenters. The minimum Gasteiger partial charge on any atom is -0.0801 e. The second-order valence-electron chi connectivity index (χ2n) is 3.89. The van der Waals surface area contributed by atoms with Crippen LogP contribution in [0.4, 0.5) is 0 Å². The van der Waals surface area contributed by atoms with Gasteiger partial charge in [-0.25, -0.2) is 0 Å². The monoisotopic (exact) mass is 220 g/mol. The summed E-state index contributed by atoms with van der Waals surface area (Å²) in [5.41, 5.74) is 2.58. The van der Waals surface area contributed by atoms with Crippen molar-refractivity contribution in [1.29, 1.82) is 0 Å². The van der Waals surface area contributed by atoms with E-state index in [9.17, 15) is 0 Å². The lowest BCUT2D eigenvalue weighted by atomic mass is 10.1. The van der Waals surface area contributed by atoms with Crippen LogP contribution in [0.15, 0.2) is 78.9 Å². The van der Waals surface area contributed by atoms with Crippen LogP contribution in [0, 0.1) is 0 Å². The van der Waals surface area contributed by atoms with E-state index in [0.29, 0.717) is 0 Å². The summed E-state index contributed by atoms with van der Waals surface area (Å²) in [6.07, 6.45) is 9.45. The minimum atomic E-state index is 0.986. The predicted molar refractivity (Wildman–Crippen MR) is 74.8 cm³/mol. The largest absolute Gasteiger partial charge is 0.0801 e. The van der Waals surface area contributed by atoms with Gasteiger partial charge in [0.05, 0.1) is 0 Å². The Morgan fingerprint density at radius 3 is 2.06 bits per heavy atom. The van der Waals surface area contributed by atoms with Crippen molar-refractivity contribution in [3.8, 4) is 0 Å². The average Bonchev–Trinajstić information content (AvgIpc) is 2.41. The Morgan fingerprint density at radius 1 is 0.706 bits per heavy atom. The first-order valence-corrected chi connectivity index (χ1v) is 5.87. The maximum absolute atomic E-state index is 2.18. The van der Waals surface area contributed by atoms with Crippen LogP contribution in [-0.4, -0.2) is 0 Å². The van der Waals surface area contributed by atoms with E-state index < -0.39 is 0 Å². The van der Waals surface area contributed by atoms with Gasteiger partial charge in [0.25, 0.3) is 0 Å². The third-order valence-corrected chi connectivity index (χ3v) is 2.53. The van der Waals surface area contributed by atoms with Gasteiger partial charge in [-0.05, 0) is 17.5 Å². The van der Waals surface area contributed by atoms with Crippen LogP contribution >= 0.6 is 0 Å². The molecule has 2 aromatic rings. The lowest BCUT2D eigenvalue weighted by Crippen LogP contribution is -1.77. The molecule has 0 amide bonds. The Kier molecular flexibility index (Phi) is 4.36. The van der Waals surface area contributed by atoms with Crippen molar-refractivity contribution in [3.05, 3.63) is 90.0 Å². The molecule has 0 radical (unpaired) electrons. The molecule has 0 nitrogen and oxygen atoms in total. The summed E-state index contributed by atoms with van der Waals surface area (Å²) in [5.74, 6) is 0. The summed E-state index contributed by atoms with van der Waals surface area (Å²) in [5, 5.41) is 0. The Bertz CT molecular complexity index is 478. The van der Waals surface area contributed by atoms with Gasteiger partial charge in [-0.2, -0.15) is 0 Å². The molecular weight excluding hydrogens is 204 g/mol. The fourth-order valence-corrected chi connectivity index (χ4v) is 1.63. The highest BCUT2D eigenvalue weighted by Crippen LogP contribution is 2.02. The van der Waals surface area contributed by atoms with Crippen molar-refractivity contribution in [1.82, 2.24) is 0 Å². The molecule has 0 fully saturated rings. The summed E-state index contributed by atoms with van der Waals surface area (Å²) in [4.78, 5) is 0. The van der Waals surface area contributed by atoms with Crippen LogP contribution in [-0.2, 0) is 6.42 Å². The molecule has 84 valence electrons. The molecule has 0 saturated heterocycles. The molecule has 0 aliphatic rings. The fourth-order valence-electron chi connectivity index (χ4n) is 1.63. The van der Waals surface area contributed by atoms with Crippen molar-refractivity contribution < 1.29 is 0 Å². The van der Waals surface area contributed by atoms with Crippen LogP contribution in [0.25, 0.3) is 6.08 Å². The Morgan fingerprint density at radius 2 is 1.35 bits per heavy atom. The number of allylic oxidation sites excluding steroid dienone is 3. The molecular formula is C17H16. The molecule has 2 aromatic carbocycles. The van der Waals surface area contributed by atoms with E-state index in [-0.39, 0.29) is 0 Å². The third kappa shape index (κ3) is 4.12. The van der Waals surface area contributed by atoms with Crippen LogP contribution in [0.5, 0.6) is 0 Å². The third-order valence-electron chi connectivity index (χ3n) is 2.53. The van der Waals surface area contributed by atoms with Crippen molar-refractivity contribution in [2.45, 2.75) is 6.42 Å². The first-order valence-electron chi connectivity index (χ1n) is 5.87. The number of hydrogen-bond acceptors (Lipinski definition) is 0. The van der Waals surface area contributed by atoms with Gasteiger partial charge in [-0.15, -0.1) is 0 Å². The highest BCUT2D eigenvalue weighted by Gasteiger charge is 1.84. The van der Waals surface area contributed by atoms with E-state index in [1.807, 2.05) is 24.3 Å². The van der Waals surface area contributed by atoms with Gasteiger partial charge < -0.3 is 0 Å². The molecule has 0 saturated carbocycles. The predicted octanol–water partition coefficient (Wildman–Crippen LogP) is 4.50. The summed E-state index contributed by atoms with van der Waals surface area (Å²) in [6, 6.07) is 20.8. The van der Waals surface area contributed by atoms with Crippen molar-refractivity contribution in [2.75, 3.05) is 0 Å². The van der Waals surface area contributed by atoms with Crippen molar-refractivity contribution >= 4 is 6.08 Å². The second-order valence-corrected chi connectivity index (χ2v) is 3.89. The van der Waals surface area contributed by atoms with Gasteiger partial charge in [-0.3, -0.25) is 0 Å². The first kappa shape index (κ1) is 11.4. The molecule has 0 aliphatic heterocycles. The molecule has 17 heavy (non-hydrogen) atoms. The number of hydrogen-bond donors (Lipinski definition) is 0. The zero-order valence-corrected chi connectivity index (χ0v) is 9.79. The summed E-state index contributed by atoms with van der Waals surface area (Å²) in [6.45, 7) is 0. The van der Waals surface area contributed by atoms with Crippen LogP contribution in [0.1, 0.15) is 11.1 Å². The van der Waals surface area contributed by atoms with E-state index in [1.54, 1.807) is 0 Å². The molecule has 0 spiro atoms. The lowest BCUT2D eigenvalue weighted by molar-refractivity contribution is 1.27. The fraction of sp³-hybridized carbons (Fsp3) is 0.0588. The molecule has 0 unspecified atom stereocenters. The molecule has 0 N–H and O–H groups in total. The molecule has 0 aliphatic carbocycles. The molecule has 0 heteroatoms. The van der Waals surface area contributed by atoms with Crippen molar-refractivity contribution in [3.63, 3.8) is 0 Å². The second kappa shape index (κ2) is 6.49. The molecule has 0 bridgehead atoms. The summed E-state index contributed by atoms with van der Waals surface area (Å²) >= 11 is 0. The van der Waals surface area contributed by atoms with E-state index in [0.717, 1.165) is 6.42 Å². The average molecular weight is 220 g/mol. The zero-order chi connectivity index (χ0) is 11.8. The van der Waals surface area contributed by atoms with Gasteiger partial charge >= 0.3 is 0 Å². The van der Waals surface area contributed by atoms with Gasteiger partial charge in [-0.1, -0.05) is 85.0 Å². The lowest BCUT2D eigenvalue weighted by Gasteiger charge is -1.93. The Labute approximate surface area is 103 Å². The van der Waals surface area contributed by atoms with Crippen LogP contribution < -0.4 is 0 Å². The van der Waals surface area contributed by atoms with Crippen molar-refractivity contribution in [2.24, 2.45) is 0 Å². The highest BCUT2D eigenvalue weighted by molar-refractivity contribution is 5.50. The van der Waals surface area contributed by atoms with Gasteiger partial charge in [0.2, 0.25) is 0 Å². The smallest absolute Gasteiger partial charge is 0.00943 e. The first-order chi connectivity index (χ1) is 8.45. The quantitative estimate of drug-likeness (QED) is 0.665. The van der Waals surface area contributed by atoms with E-state index in [4.69, 9.17) is 0 Å². The van der Waals surface area contributed by atoms with E-state index in [2.05, 4.69) is 60.7 Å². The number of rotatable bonds is 4. The Hall–Kier alpha value is -2.08. The number of benzene rings is 2. The highest BCUT2D eigenvalue weighted by atomic mass is 13.9. The van der Waals surface area contributed by atoms with Gasteiger partial charge in [0.15, 0.2) is 0 Å². The van der Waals surface area contributed by atoms with Crippen LogP contribution in [0.3, 0.4) is 0 Å². The minimum absolute atomic E-state index is 0.986. The van der Waals surface area contributed by atoms with Crippen LogP contribution in [0.2, 0.25) is 0 Å². The molecule has 0 heterocycles. The molecule has 0 aromatic heterocycles.